The molecule has 15 heavy (non-hydrogen) atoms. The molecule has 1 aromatic carbocycles. The second-order valence-electron chi connectivity index (χ2n) is 3.70. The van der Waals surface area contributed by atoms with Crippen LogP contribution in [0, 0.1) is 0 Å². The summed E-state index contributed by atoms with van der Waals surface area (Å²) in [4.78, 5) is 7.80. The monoisotopic (exact) mass is 203 g/mol. The molecule has 0 amide bonds. The van der Waals surface area contributed by atoms with Crippen molar-refractivity contribution in [2.75, 3.05) is 19.7 Å². The number of benzene rings is 1. The first kappa shape index (κ1) is 8.88. The summed E-state index contributed by atoms with van der Waals surface area (Å²) in [6.45, 7) is 2.51. The number of rotatable bonds is 1. The van der Waals surface area contributed by atoms with E-state index in [4.69, 9.17) is 4.74 Å². The lowest BCUT2D eigenvalue weighted by atomic mass is 10.3. The highest BCUT2D eigenvalue weighted by Gasteiger charge is 2.18. The largest absolute Gasteiger partial charge is 0.368 e. The molecule has 1 aromatic heterocycles. The van der Waals surface area contributed by atoms with E-state index in [1.165, 1.54) is 0 Å². The molecule has 3 rings (SSSR count). The Morgan fingerprint density at radius 2 is 2.27 bits per heavy atom. The minimum atomic E-state index is 0.0612. The zero-order valence-electron chi connectivity index (χ0n) is 8.36. The number of aromatic nitrogens is 2. The summed E-state index contributed by atoms with van der Waals surface area (Å²) < 4.78 is 5.64. The quantitative estimate of drug-likeness (QED) is 0.732. The number of nitrogens with zero attached hydrogens (tertiary/aromatic N) is 1. The van der Waals surface area contributed by atoms with Crippen molar-refractivity contribution in [1.82, 2.24) is 15.3 Å². The minimum absolute atomic E-state index is 0.0612. The Bertz CT molecular complexity index is 427. The fraction of sp³-hybridized carbons (Fsp3) is 0.364. The van der Waals surface area contributed by atoms with E-state index in [9.17, 15) is 0 Å². The Balaban J connectivity index is 1.96. The molecule has 1 atom stereocenters. The van der Waals surface area contributed by atoms with Gasteiger partial charge in [0.15, 0.2) is 0 Å². The van der Waals surface area contributed by atoms with E-state index >= 15 is 0 Å². The summed E-state index contributed by atoms with van der Waals surface area (Å²) in [5, 5.41) is 3.29. The van der Waals surface area contributed by atoms with Crippen LogP contribution in [-0.4, -0.2) is 29.7 Å². The number of hydrogen-bond donors (Lipinski definition) is 2. The summed E-state index contributed by atoms with van der Waals surface area (Å²) >= 11 is 0. The van der Waals surface area contributed by atoms with Crippen LogP contribution in [0.15, 0.2) is 24.3 Å². The fourth-order valence-electron chi connectivity index (χ4n) is 1.87. The molecule has 0 aliphatic carbocycles. The van der Waals surface area contributed by atoms with Crippen LogP contribution >= 0.6 is 0 Å². The van der Waals surface area contributed by atoms with E-state index < -0.39 is 0 Å². The zero-order chi connectivity index (χ0) is 10.1. The molecule has 4 heteroatoms. The number of H-pyrrole nitrogens is 1. The number of morpholine rings is 1. The molecule has 1 saturated heterocycles. The average molecular weight is 203 g/mol. The molecule has 4 nitrogen and oxygen atoms in total. The van der Waals surface area contributed by atoms with Gasteiger partial charge in [0.2, 0.25) is 0 Å². The van der Waals surface area contributed by atoms with E-state index in [0.29, 0.717) is 0 Å². The van der Waals surface area contributed by atoms with Crippen molar-refractivity contribution in [2.45, 2.75) is 6.10 Å². The molecule has 2 heterocycles. The third-order valence-corrected chi connectivity index (χ3v) is 2.64. The van der Waals surface area contributed by atoms with E-state index in [1.807, 2.05) is 24.3 Å². The van der Waals surface area contributed by atoms with Crippen LogP contribution in [0.25, 0.3) is 11.0 Å². The van der Waals surface area contributed by atoms with Gasteiger partial charge in [0.05, 0.1) is 17.6 Å². The Morgan fingerprint density at radius 3 is 3.07 bits per heavy atom. The summed E-state index contributed by atoms with van der Waals surface area (Å²) in [5.41, 5.74) is 2.07. The van der Waals surface area contributed by atoms with Crippen LogP contribution < -0.4 is 5.32 Å². The van der Waals surface area contributed by atoms with Gasteiger partial charge in [-0.1, -0.05) is 12.1 Å². The molecule has 1 unspecified atom stereocenters. The molecule has 1 aliphatic rings. The first-order chi connectivity index (χ1) is 7.43. The van der Waals surface area contributed by atoms with Crippen LogP contribution in [0.4, 0.5) is 0 Å². The highest BCUT2D eigenvalue weighted by molar-refractivity contribution is 5.74. The van der Waals surface area contributed by atoms with E-state index in [0.717, 1.165) is 36.6 Å². The van der Waals surface area contributed by atoms with Crippen molar-refractivity contribution in [3.8, 4) is 0 Å². The Morgan fingerprint density at radius 1 is 1.33 bits per heavy atom. The number of aromatic amines is 1. The van der Waals surface area contributed by atoms with Gasteiger partial charge in [-0.25, -0.2) is 4.98 Å². The van der Waals surface area contributed by atoms with E-state index in [2.05, 4.69) is 15.3 Å². The van der Waals surface area contributed by atoms with Gasteiger partial charge in [-0.15, -0.1) is 0 Å². The molecular weight excluding hydrogens is 190 g/mol. The standard InChI is InChI=1S/C11H13N3O/c1-2-4-9-8(3-1)13-11(14-9)10-7-12-5-6-15-10/h1-4,10,12H,5-7H2,(H,13,14). The molecule has 1 aliphatic heterocycles. The molecule has 0 bridgehead atoms. The molecule has 1 fully saturated rings. The fourth-order valence-corrected chi connectivity index (χ4v) is 1.87. The number of para-hydroxylation sites is 2. The maximum atomic E-state index is 5.64. The minimum Gasteiger partial charge on any atom is -0.368 e. The van der Waals surface area contributed by atoms with Gasteiger partial charge in [-0.2, -0.15) is 0 Å². The van der Waals surface area contributed by atoms with Crippen molar-refractivity contribution in [2.24, 2.45) is 0 Å². The Kier molecular flexibility index (Phi) is 2.16. The lowest BCUT2D eigenvalue weighted by Gasteiger charge is -2.21. The zero-order valence-corrected chi connectivity index (χ0v) is 8.36. The van der Waals surface area contributed by atoms with Crippen molar-refractivity contribution >= 4 is 11.0 Å². The van der Waals surface area contributed by atoms with Crippen LogP contribution in [-0.2, 0) is 4.74 Å². The summed E-state index contributed by atoms with van der Waals surface area (Å²) in [7, 11) is 0. The lowest BCUT2D eigenvalue weighted by Crippen LogP contribution is -2.33. The second kappa shape index (κ2) is 3.64. The molecular formula is C11H13N3O. The van der Waals surface area contributed by atoms with Crippen molar-refractivity contribution in [1.29, 1.82) is 0 Å². The highest BCUT2D eigenvalue weighted by atomic mass is 16.5. The second-order valence-corrected chi connectivity index (χ2v) is 3.70. The number of ether oxygens (including phenoxy) is 1. The maximum absolute atomic E-state index is 5.64. The summed E-state index contributed by atoms with van der Waals surface area (Å²) in [5.74, 6) is 0.920. The Hall–Kier alpha value is -1.39. The lowest BCUT2D eigenvalue weighted by molar-refractivity contribution is 0.0228. The molecule has 0 saturated carbocycles. The van der Waals surface area contributed by atoms with Gasteiger partial charge in [-0.3, -0.25) is 0 Å². The van der Waals surface area contributed by atoms with Crippen LogP contribution in [0.1, 0.15) is 11.9 Å². The van der Waals surface area contributed by atoms with Crippen LogP contribution in [0.2, 0.25) is 0 Å². The van der Waals surface area contributed by atoms with Gasteiger partial charge in [0.1, 0.15) is 11.9 Å². The third kappa shape index (κ3) is 1.62. The number of fused-ring (bicyclic) bond motifs is 1. The van der Waals surface area contributed by atoms with Gasteiger partial charge in [-0.05, 0) is 12.1 Å². The van der Waals surface area contributed by atoms with Crippen molar-refractivity contribution in [3.05, 3.63) is 30.1 Å². The maximum Gasteiger partial charge on any atom is 0.137 e. The molecule has 0 radical (unpaired) electrons. The van der Waals surface area contributed by atoms with Crippen LogP contribution in [0.5, 0.6) is 0 Å². The normalized spacial score (nSPS) is 22.0. The third-order valence-electron chi connectivity index (χ3n) is 2.64. The number of hydrogen-bond acceptors (Lipinski definition) is 3. The molecule has 78 valence electrons. The smallest absolute Gasteiger partial charge is 0.137 e. The molecule has 2 N–H and O–H groups in total. The average Bonchev–Trinajstić information content (AvgIpc) is 2.74. The number of imidazole rings is 1. The first-order valence-corrected chi connectivity index (χ1v) is 5.20. The predicted molar refractivity (Wildman–Crippen MR) is 57.7 cm³/mol. The SMILES string of the molecule is c1ccc2[nH]c(C3CNCCO3)nc2c1. The summed E-state index contributed by atoms with van der Waals surface area (Å²) in [6, 6.07) is 8.03. The van der Waals surface area contributed by atoms with Gasteiger partial charge < -0.3 is 15.0 Å². The van der Waals surface area contributed by atoms with Crippen molar-refractivity contribution < 1.29 is 4.74 Å². The topological polar surface area (TPSA) is 49.9 Å². The molecule has 2 aromatic rings. The summed E-state index contributed by atoms with van der Waals surface area (Å²) in [6.07, 6.45) is 0.0612. The predicted octanol–water partition coefficient (Wildman–Crippen LogP) is 1.22. The molecule has 0 spiro atoms. The number of nitrogens with one attached hydrogen (secondary N) is 2. The Labute approximate surface area is 87.7 Å². The van der Waals surface area contributed by atoms with E-state index in [1.54, 1.807) is 0 Å². The van der Waals surface area contributed by atoms with Crippen LogP contribution in [0.3, 0.4) is 0 Å². The van der Waals surface area contributed by atoms with E-state index in [-0.39, 0.29) is 6.10 Å². The first-order valence-electron chi connectivity index (χ1n) is 5.20. The van der Waals surface area contributed by atoms with Gasteiger partial charge >= 0.3 is 0 Å². The van der Waals surface area contributed by atoms with Gasteiger partial charge in [0, 0.05) is 13.1 Å². The van der Waals surface area contributed by atoms with Crippen molar-refractivity contribution in [3.63, 3.8) is 0 Å². The highest BCUT2D eigenvalue weighted by Crippen LogP contribution is 2.19. The van der Waals surface area contributed by atoms with Gasteiger partial charge in [0.25, 0.3) is 0 Å².